The number of rotatable bonds is 5. The first-order chi connectivity index (χ1) is 9.21. The smallest absolute Gasteiger partial charge is 0.241 e. The maximum absolute atomic E-state index is 5.71. The number of hydrogen-bond donors (Lipinski definition) is 2. The summed E-state index contributed by atoms with van der Waals surface area (Å²) in [6, 6.07) is 0. The molecule has 1 saturated carbocycles. The van der Waals surface area contributed by atoms with E-state index in [1.54, 1.807) is 23.3 Å². The van der Waals surface area contributed by atoms with Crippen molar-refractivity contribution in [3.63, 3.8) is 0 Å². The minimum Gasteiger partial charge on any atom is -0.368 e. The van der Waals surface area contributed by atoms with Crippen LogP contribution in [0.25, 0.3) is 5.95 Å². The van der Waals surface area contributed by atoms with Crippen molar-refractivity contribution in [2.24, 2.45) is 0 Å². The van der Waals surface area contributed by atoms with E-state index in [0.717, 1.165) is 6.54 Å². The molecule has 1 fully saturated rings. The summed E-state index contributed by atoms with van der Waals surface area (Å²) in [5.41, 5.74) is 5.71. The van der Waals surface area contributed by atoms with Crippen LogP contribution in [0.2, 0.25) is 0 Å². The van der Waals surface area contributed by atoms with Gasteiger partial charge in [0, 0.05) is 23.7 Å². The van der Waals surface area contributed by atoms with E-state index in [4.69, 9.17) is 5.73 Å². The van der Waals surface area contributed by atoms with Gasteiger partial charge >= 0.3 is 0 Å². The highest BCUT2D eigenvalue weighted by molar-refractivity contribution is 8.00. The Morgan fingerprint density at radius 3 is 2.89 bits per heavy atom. The van der Waals surface area contributed by atoms with E-state index >= 15 is 0 Å². The van der Waals surface area contributed by atoms with Gasteiger partial charge in [0.15, 0.2) is 0 Å². The van der Waals surface area contributed by atoms with E-state index in [-0.39, 0.29) is 5.95 Å². The van der Waals surface area contributed by atoms with E-state index in [2.05, 4.69) is 31.5 Å². The molecule has 2 heterocycles. The zero-order valence-electron chi connectivity index (χ0n) is 10.6. The van der Waals surface area contributed by atoms with Crippen LogP contribution in [0.5, 0.6) is 0 Å². The molecule has 8 heteroatoms. The SMILES string of the molecule is CSC1(CNc2nc(N)nc(-n3ccnc3)n2)CC1. The first-order valence-corrected chi connectivity index (χ1v) is 7.22. The normalized spacial score (nSPS) is 16.3. The number of hydrogen-bond acceptors (Lipinski definition) is 7. The highest BCUT2D eigenvalue weighted by Gasteiger charge is 2.41. The van der Waals surface area contributed by atoms with E-state index in [0.29, 0.717) is 16.6 Å². The molecule has 2 aromatic heterocycles. The van der Waals surface area contributed by atoms with Crippen LogP contribution < -0.4 is 11.1 Å². The molecule has 0 spiro atoms. The van der Waals surface area contributed by atoms with Gasteiger partial charge in [-0.05, 0) is 19.1 Å². The maximum atomic E-state index is 5.71. The minimum absolute atomic E-state index is 0.204. The van der Waals surface area contributed by atoms with E-state index in [9.17, 15) is 0 Å². The van der Waals surface area contributed by atoms with E-state index in [1.807, 2.05) is 11.8 Å². The molecule has 0 aliphatic heterocycles. The molecule has 0 aromatic carbocycles. The van der Waals surface area contributed by atoms with Crippen LogP contribution >= 0.6 is 11.8 Å². The average molecular weight is 277 g/mol. The number of nitrogen functional groups attached to an aromatic ring is 1. The first kappa shape index (κ1) is 12.2. The summed E-state index contributed by atoms with van der Waals surface area (Å²) in [4.78, 5) is 16.5. The molecule has 2 aromatic rings. The lowest BCUT2D eigenvalue weighted by Crippen LogP contribution is -2.20. The topological polar surface area (TPSA) is 94.5 Å². The number of aromatic nitrogens is 5. The molecule has 0 bridgehead atoms. The molecule has 0 atom stereocenters. The summed E-state index contributed by atoms with van der Waals surface area (Å²) in [6.07, 6.45) is 9.66. The highest BCUT2D eigenvalue weighted by Crippen LogP contribution is 2.46. The van der Waals surface area contributed by atoms with Gasteiger partial charge in [0.25, 0.3) is 0 Å². The summed E-state index contributed by atoms with van der Waals surface area (Å²) in [5.74, 6) is 1.19. The van der Waals surface area contributed by atoms with Gasteiger partial charge in [-0.15, -0.1) is 0 Å². The largest absolute Gasteiger partial charge is 0.368 e. The molecule has 0 radical (unpaired) electrons. The second-order valence-corrected chi connectivity index (χ2v) is 5.80. The molecular formula is C11H15N7S. The lowest BCUT2D eigenvalue weighted by molar-refractivity contribution is 0.877. The van der Waals surface area contributed by atoms with Crippen molar-refractivity contribution in [3.8, 4) is 5.95 Å². The molecule has 100 valence electrons. The van der Waals surface area contributed by atoms with Gasteiger partial charge in [-0.25, -0.2) is 4.98 Å². The van der Waals surface area contributed by atoms with Crippen molar-refractivity contribution in [2.75, 3.05) is 23.9 Å². The lowest BCUT2D eigenvalue weighted by Gasteiger charge is -2.13. The average Bonchev–Trinajstić information content (AvgIpc) is 2.98. The number of anilines is 2. The molecule has 1 aliphatic carbocycles. The van der Waals surface area contributed by atoms with Gasteiger partial charge in [0.1, 0.15) is 6.33 Å². The number of nitrogens with zero attached hydrogens (tertiary/aromatic N) is 5. The fraction of sp³-hybridized carbons (Fsp3) is 0.455. The quantitative estimate of drug-likeness (QED) is 0.840. The first-order valence-electron chi connectivity index (χ1n) is 6.00. The van der Waals surface area contributed by atoms with Crippen LogP contribution in [0.15, 0.2) is 18.7 Å². The summed E-state index contributed by atoms with van der Waals surface area (Å²) < 4.78 is 2.04. The number of nitrogens with one attached hydrogen (secondary N) is 1. The third-order valence-corrected chi connectivity index (χ3v) is 4.60. The highest BCUT2D eigenvalue weighted by atomic mass is 32.2. The Morgan fingerprint density at radius 1 is 1.42 bits per heavy atom. The third kappa shape index (κ3) is 2.62. The molecule has 0 amide bonds. The van der Waals surface area contributed by atoms with Crippen LogP contribution in [0.4, 0.5) is 11.9 Å². The van der Waals surface area contributed by atoms with Gasteiger partial charge < -0.3 is 11.1 Å². The van der Waals surface area contributed by atoms with Crippen LogP contribution in [-0.4, -0.2) is 42.1 Å². The zero-order valence-corrected chi connectivity index (χ0v) is 11.4. The lowest BCUT2D eigenvalue weighted by atomic mass is 10.4. The number of thioether (sulfide) groups is 1. The van der Waals surface area contributed by atoms with Crippen molar-refractivity contribution in [1.29, 1.82) is 0 Å². The fourth-order valence-corrected chi connectivity index (χ4v) is 2.51. The van der Waals surface area contributed by atoms with Gasteiger partial charge in [0.05, 0.1) is 0 Å². The predicted molar refractivity (Wildman–Crippen MR) is 75.3 cm³/mol. The molecular weight excluding hydrogens is 262 g/mol. The van der Waals surface area contributed by atoms with E-state index < -0.39 is 0 Å². The zero-order chi connectivity index (χ0) is 13.3. The van der Waals surface area contributed by atoms with Crippen LogP contribution in [0.3, 0.4) is 0 Å². The predicted octanol–water partition coefficient (Wildman–Crippen LogP) is 0.947. The molecule has 7 nitrogen and oxygen atoms in total. The third-order valence-electron chi connectivity index (χ3n) is 3.19. The van der Waals surface area contributed by atoms with Crippen molar-refractivity contribution in [3.05, 3.63) is 18.7 Å². The van der Waals surface area contributed by atoms with Crippen LogP contribution in [0, 0.1) is 0 Å². The summed E-state index contributed by atoms with van der Waals surface area (Å²) in [7, 11) is 0. The van der Waals surface area contributed by atoms with Crippen molar-refractivity contribution >= 4 is 23.7 Å². The van der Waals surface area contributed by atoms with E-state index in [1.165, 1.54) is 12.8 Å². The Bertz CT molecular complexity index is 564. The standard InChI is InChI=1S/C11H15N7S/c1-19-11(2-3-11)6-14-9-15-8(12)16-10(17-9)18-5-4-13-7-18/h4-5,7H,2-3,6H2,1H3,(H3,12,14,15,16,17). The van der Waals surface area contributed by atoms with Crippen LogP contribution in [-0.2, 0) is 0 Å². The second-order valence-electron chi connectivity index (χ2n) is 4.53. The maximum Gasteiger partial charge on any atom is 0.241 e. The summed E-state index contributed by atoms with van der Waals surface area (Å²) in [6.45, 7) is 0.848. The Labute approximate surface area is 115 Å². The summed E-state index contributed by atoms with van der Waals surface area (Å²) in [5, 5.41) is 3.24. The van der Waals surface area contributed by atoms with Crippen molar-refractivity contribution in [2.45, 2.75) is 17.6 Å². The number of imidazole rings is 1. The minimum atomic E-state index is 0.204. The molecule has 19 heavy (non-hydrogen) atoms. The van der Waals surface area contributed by atoms with Gasteiger partial charge in [-0.3, -0.25) is 4.57 Å². The van der Waals surface area contributed by atoms with Crippen molar-refractivity contribution < 1.29 is 0 Å². The summed E-state index contributed by atoms with van der Waals surface area (Å²) >= 11 is 1.88. The molecule has 0 saturated heterocycles. The Balaban J connectivity index is 1.78. The Hall–Kier alpha value is -1.83. The second kappa shape index (κ2) is 4.69. The van der Waals surface area contributed by atoms with Gasteiger partial charge in [-0.1, -0.05) is 0 Å². The molecule has 0 unspecified atom stereocenters. The van der Waals surface area contributed by atoms with Crippen LogP contribution in [0.1, 0.15) is 12.8 Å². The molecule has 3 N–H and O–H groups in total. The molecule has 1 aliphatic rings. The monoisotopic (exact) mass is 277 g/mol. The van der Waals surface area contributed by atoms with Gasteiger partial charge in [0.2, 0.25) is 17.8 Å². The number of nitrogens with two attached hydrogens (primary N) is 1. The fourth-order valence-electron chi connectivity index (χ4n) is 1.79. The van der Waals surface area contributed by atoms with Crippen molar-refractivity contribution in [1.82, 2.24) is 24.5 Å². The Kier molecular flexibility index (Phi) is 3.02. The van der Waals surface area contributed by atoms with Gasteiger partial charge in [-0.2, -0.15) is 26.7 Å². The molecule has 3 rings (SSSR count). The Morgan fingerprint density at radius 2 is 2.26 bits per heavy atom.